The number of hydrogen-bond donors (Lipinski definition) is 0. The lowest BCUT2D eigenvalue weighted by Crippen LogP contribution is -2.26. The van der Waals surface area contributed by atoms with Gasteiger partial charge in [-0.1, -0.05) is 103 Å². The van der Waals surface area contributed by atoms with Crippen LogP contribution < -0.4 is 20.8 Å². The van der Waals surface area contributed by atoms with E-state index in [2.05, 4.69) is 23.1 Å². The third-order valence-electron chi connectivity index (χ3n) is 5.16. The molecule has 0 aliphatic carbocycles. The van der Waals surface area contributed by atoms with Gasteiger partial charge in [0.25, 0.3) is 0 Å². The fourth-order valence-corrected chi connectivity index (χ4v) is 6.64. The van der Waals surface area contributed by atoms with Crippen LogP contribution in [0.25, 0.3) is 11.1 Å². The Morgan fingerprint density at radius 3 is 1.55 bits per heavy atom. The molecule has 0 bridgehead atoms. The molecule has 0 amide bonds. The van der Waals surface area contributed by atoms with Gasteiger partial charge in [0.05, 0.1) is 0 Å². The fourth-order valence-electron chi connectivity index (χ4n) is 3.77. The van der Waals surface area contributed by atoms with Crippen molar-refractivity contribution in [1.29, 1.82) is 0 Å². The first-order valence-corrected chi connectivity index (χ1v) is 11.4. The number of anilines is 1. The molecule has 144 valence electrons. The molecule has 3 heteroatoms. The van der Waals surface area contributed by atoms with Crippen LogP contribution in [0.5, 0.6) is 0 Å². The minimum Gasteiger partial charge on any atom is -0.377 e. The summed E-state index contributed by atoms with van der Waals surface area (Å²) < 4.78 is 14.9. The van der Waals surface area contributed by atoms with Crippen molar-refractivity contribution in [3.8, 4) is 11.1 Å². The monoisotopic (exact) mass is 397 g/mol. The van der Waals surface area contributed by atoms with E-state index in [1.807, 2.05) is 105 Å². The van der Waals surface area contributed by atoms with E-state index >= 15 is 0 Å². The lowest BCUT2D eigenvalue weighted by molar-refractivity contribution is 0.592. The van der Waals surface area contributed by atoms with Crippen molar-refractivity contribution in [3.63, 3.8) is 0 Å². The molecule has 0 saturated carbocycles. The van der Waals surface area contributed by atoms with Crippen LogP contribution in [-0.2, 0) is 4.57 Å². The Balaban J connectivity index is 2.04. The molecule has 0 heterocycles. The predicted octanol–water partition coefficient (Wildman–Crippen LogP) is 5.06. The Hall–Kier alpha value is -3.09. The lowest BCUT2D eigenvalue weighted by atomic mass is 10.0. The molecule has 0 unspecified atom stereocenters. The molecule has 29 heavy (non-hydrogen) atoms. The van der Waals surface area contributed by atoms with Crippen LogP contribution in [0.3, 0.4) is 0 Å². The third-order valence-corrected chi connectivity index (χ3v) is 8.28. The van der Waals surface area contributed by atoms with Crippen LogP contribution >= 0.6 is 7.14 Å². The normalized spacial score (nSPS) is 11.2. The molecular weight excluding hydrogens is 373 g/mol. The van der Waals surface area contributed by atoms with E-state index in [9.17, 15) is 4.57 Å². The second-order valence-corrected chi connectivity index (χ2v) is 9.94. The maximum atomic E-state index is 14.9. The van der Waals surface area contributed by atoms with Gasteiger partial charge in [0.1, 0.15) is 0 Å². The first kappa shape index (κ1) is 19.2. The molecule has 0 atom stereocenters. The van der Waals surface area contributed by atoms with Crippen molar-refractivity contribution < 1.29 is 4.57 Å². The molecule has 2 nitrogen and oxygen atoms in total. The van der Waals surface area contributed by atoms with Gasteiger partial charge < -0.3 is 9.46 Å². The second-order valence-electron chi connectivity index (χ2n) is 7.21. The van der Waals surface area contributed by atoms with Crippen LogP contribution in [0.1, 0.15) is 0 Å². The lowest BCUT2D eigenvalue weighted by Gasteiger charge is -2.25. The molecule has 0 fully saturated rings. The fraction of sp³-hybridized carbons (Fsp3) is 0.0769. The molecule has 4 aromatic carbocycles. The van der Waals surface area contributed by atoms with Crippen molar-refractivity contribution in [2.75, 3.05) is 19.0 Å². The summed E-state index contributed by atoms with van der Waals surface area (Å²) in [7, 11) is 1.03. The van der Waals surface area contributed by atoms with Gasteiger partial charge in [0, 0.05) is 41.3 Å². The van der Waals surface area contributed by atoms with E-state index in [1.165, 1.54) is 0 Å². The maximum absolute atomic E-state index is 14.9. The molecule has 0 N–H and O–H groups in total. The summed E-state index contributed by atoms with van der Waals surface area (Å²) in [5.41, 5.74) is 3.20. The number of para-hydroxylation sites is 1. The number of benzene rings is 4. The molecule has 0 aliphatic rings. The number of nitrogens with zero attached hydrogens (tertiary/aromatic N) is 1. The average Bonchev–Trinajstić information content (AvgIpc) is 2.79. The maximum Gasteiger partial charge on any atom is 0.171 e. The number of hydrogen-bond acceptors (Lipinski definition) is 2. The number of rotatable bonds is 5. The Morgan fingerprint density at radius 2 is 1.00 bits per heavy atom. The Morgan fingerprint density at radius 1 is 0.552 bits per heavy atom. The van der Waals surface area contributed by atoms with Crippen LogP contribution in [0.4, 0.5) is 5.69 Å². The van der Waals surface area contributed by atoms with E-state index in [0.717, 1.165) is 32.7 Å². The SMILES string of the molecule is CN(C)c1ccccc1-c1ccccc1P(=O)(c1ccccc1)c1ccccc1. The molecule has 0 aromatic heterocycles. The minimum absolute atomic E-state index is 0.848. The van der Waals surface area contributed by atoms with Gasteiger partial charge >= 0.3 is 0 Å². The Bertz CT molecular complexity index is 1110. The van der Waals surface area contributed by atoms with E-state index in [-0.39, 0.29) is 0 Å². The van der Waals surface area contributed by atoms with Crippen LogP contribution in [0.15, 0.2) is 109 Å². The molecule has 0 aliphatic heterocycles. The summed E-state index contributed by atoms with van der Waals surface area (Å²) in [5, 5.41) is 2.56. The summed E-state index contributed by atoms with van der Waals surface area (Å²) >= 11 is 0. The highest BCUT2D eigenvalue weighted by Gasteiger charge is 2.32. The van der Waals surface area contributed by atoms with Gasteiger partial charge in [-0.3, -0.25) is 0 Å². The Labute approximate surface area is 172 Å². The Kier molecular flexibility index (Phi) is 5.38. The highest BCUT2D eigenvalue weighted by Crippen LogP contribution is 2.46. The molecule has 4 rings (SSSR count). The van der Waals surface area contributed by atoms with Gasteiger partial charge in [-0.25, -0.2) is 0 Å². The standard InChI is InChI=1S/C26H24NOP/c1-27(2)25-19-11-9-17-23(25)24-18-10-12-20-26(24)29(28,21-13-5-3-6-14-21)22-15-7-4-8-16-22/h3-20H,1-2H3. The van der Waals surface area contributed by atoms with Crippen molar-refractivity contribution in [2.24, 2.45) is 0 Å². The molecule has 4 aromatic rings. The molecule has 0 saturated heterocycles. The quantitative estimate of drug-likeness (QED) is 0.439. The van der Waals surface area contributed by atoms with Gasteiger partial charge in [-0.15, -0.1) is 0 Å². The van der Waals surface area contributed by atoms with Crippen molar-refractivity contribution in [1.82, 2.24) is 0 Å². The van der Waals surface area contributed by atoms with Gasteiger partial charge in [0.2, 0.25) is 0 Å². The zero-order valence-electron chi connectivity index (χ0n) is 16.7. The molecule has 0 radical (unpaired) electrons. The predicted molar refractivity (Wildman–Crippen MR) is 126 cm³/mol. The molecule has 0 spiro atoms. The summed E-state index contributed by atoms with van der Waals surface area (Å²) in [4.78, 5) is 2.10. The first-order chi connectivity index (χ1) is 14.1. The first-order valence-electron chi connectivity index (χ1n) is 9.70. The summed E-state index contributed by atoms with van der Waals surface area (Å²) in [6, 6.07) is 36.0. The zero-order valence-corrected chi connectivity index (χ0v) is 17.6. The van der Waals surface area contributed by atoms with Crippen LogP contribution in [0, 0.1) is 0 Å². The average molecular weight is 397 g/mol. The van der Waals surface area contributed by atoms with E-state index in [1.54, 1.807) is 0 Å². The highest BCUT2D eigenvalue weighted by atomic mass is 31.2. The van der Waals surface area contributed by atoms with Crippen LogP contribution in [-0.4, -0.2) is 14.1 Å². The van der Waals surface area contributed by atoms with Crippen LogP contribution in [0.2, 0.25) is 0 Å². The van der Waals surface area contributed by atoms with Gasteiger partial charge in [-0.05, 0) is 11.6 Å². The smallest absolute Gasteiger partial charge is 0.171 e. The highest BCUT2D eigenvalue weighted by molar-refractivity contribution is 7.85. The van der Waals surface area contributed by atoms with E-state index in [0.29, 0.717) is 0 Å². The van der Waals surface area contributed by atoms with Crippen molar-refractivity contribution in [2.45, 2.75) is 0 Å². The molecular formula is C26H24NOP. The van der Waals surface area contributed by atoms with E-state index < -0.39 is 7.14 Å². The summed E-state index contributed by atoms with van der Waals surface area (Å²) in [5.74, 6) is 0. The third kappa shape index (κ3) is 3.52. The topological polar surface area (TPSA) is 20.3 Å². The minimum atomic E-state index is -3.05. The summed E-state index contributed by atoms with van der Waals surface area (Å²) in [6.07, 6.45) is 0. The van der Waals surface area contributed by atoms with Gasteiger partial charge in [0.15, 0.2) is 7.14 Å². The van der Waals surface area contributed by atoms with Crippen molar-refractivity contribution >= 4 is 28.7 Å². The van der Waals surface area contributed by atoms with Gasteiger partial charge in [-0.2, -0.15) is 0 Å². The summed E-state index contributed by atoms with van der Waals surface area (Å²) in [6.45, 7) is 0. The second kappa shape index (κ2) is 8.11. The van der Waals surface area contributed by atoms with Crippen molar-refractivity contribution in [3.05, 3.63) is 109 Å². The van der Waals surface area contributed by atoms with E-state index in [4.69, 9.17) is 0 Å². The zero-order chi connectivity index (χ0) is 20.3. The largest absolute Gasteiger partial charge is 0.377 e.